The third-order valence-corrected chi connectivity index (χ3v) is 5.71. The van der Waals surface area contributed by atoms with Crippen LogP contribution in [0.4, 0.5) is 0 Å². The molecule has 0 unspecified atom stereocenters. The Morgan fingerprint density at radius 2 is 2.08 bits per heavy atom. The van der Waals surface area contributed by atoms with Crippen LogP contribution in [0.1, 0.15) is 18.3 Å². The van der Waals surface area contributed by atoms with Crippen LogP contribution in [0.25, 0.3) is 22.2 Å². The van der Waals surface area contributed by atoms with Crippen molar-refractivity contribution in [1.82, 2.24) is 29.9 Å². The van der Waals surface area contributed by atoms with Crippen molar-refractivity contribution in [3.63, 3.8) is 0 Å². The summed E-state index contributed by atoms with van der Waals surface area (Å²) in [7, 11) is 0. The maximum absolute atomic E-state index is 5.37. The van der Waals surface area contributed by atoms with Gasteiger partial charge in [-0.05, 0) is 43.0 Å². The van der Waals surface area contributed by atoms with E-state index in [2.05, 4.69) is 42.2 Å². The van der Waals surface area contributed by atoms with Gasteiger partial charge in [-0.15, -0.1) is 21.5 Å². The van der Waals surface area contributed by atoms with Gasteiger partial charge in [0.05, 0.1) is 10.6 Å². The van der Waals surface area contributed by atoms with Gasteiger partial charge in [0.2, 0.25) is 0 Å². The van der Waals surface area contributed by atoms with Gasteiger partial charge in [0.25, 0.3) is 5.89 Å². The molecule has 4 rings (SSSR count). The van der Waals surface area contributed by atoms with Gasteiger partial charge in [0.1, 0.15) is 0 Å². The van der Waals surface area contributed by atoms with Gasteiger partial charge in [-0.25, -0.2) is 0 Å². The van der Waals surface area contributed by atoms with Crippen LogP contribution in [-0.4, -0.2) is 29.9 Å². The van der Waals surface area contributed by atoms with Gasteiger partial charge in [-0.3, -0.25) is 4.98 Å². The number of thiophene rings is 1. The molecule has 0 aliphatic carbocycles. The lowest BCUT2D eigenvalue weighted by molar-refractivity contribution is 0.426. The number of aromatic nitrogens is 6. The van der Waals surface area contributed by atoms with Crippen LogP contribution in [-0.2, 0) is 12.3 Å². The fourth-order valence-corrected chi connectivity index (χ4v) is 4.14. The van der Waals surface area contributed by atoms with Crippen molar-refractivity contribution in [3.05, 3.63) is 47.4 Å². The first-order chi connectivity index (χ1) is 12.7. The first-order valence-electron chi connectivity index (χ1n) is 8.09. The molecule has 132 valence electrons. The molecule has 0 bridgehead atoms. The monoisotopic (exact) mass is 384 g/mol. The second-order valence-electron chi connectivity index (χ2n) is 5.58. The van der Waals surface area contributed by atoms with E-state index in [1.807, 2.05) is 25.1 Å². The normalized spacial score (nSPS) is 11.2. The second-order valence-corrected chi connectivity index (χ2v) is 7.43. The number of hydrogen-bond acceptors (Lipinski definition) is 8. The average Bonchev–Trinajstić information content (AvgIpc) is 3.39. The lowest BCUT2D eigenvalue weighted by atomic mass is 10.2. The highest BCUT2D eigenvalue weighted by Crippen LogP contribution is 2.28. The molecule has 0 N–H and O–H groups in total. The largest absolute Gasteiger partial charge is 0.333 e. The molecule has 0 radical (unpaired) electrons. The van der Waals surface area contributed by atoms with E-state index >= 15 is 0 Å². The molecule has 0 aliphatic heterocycles. The average molecular weight is 384 g/mol. The minimum atomic E-state index is 0.563. The molecule has 7 nitrogen and oxygen atoms in total. The molecule has 4 aromatic heterocycles. The second kappa shape index (κ2) is 7.38. The van der Waals surface area contributed by atoms with Crippen LogP contribution in [0.15, 0.2) is 45.7 Å². The molecule has 0 saturated heterocycles. The Balaban J connectivity index is 1.50. The van der Waals surface area contributed by atoms with E-state index < -0.39 is 0 Å². The van der Waals surface area contributed by atoms with Gasteiger partial charge in [-0.2, -0.15) is 4.98 Å². The summed E-state index contributed by atoms with van der Waals surface area (Å²) in [6.07, 6.45) is 3.51. The highest BCUT2D eigenvalue weighted by molar-refractivity contribution is 7.98. The Morgan fingerprint density at radius 3 is 2.81 bits per heavy atom. The summed E-state index contributed by atoms with van der Waals surface area (Å²) in [6, 6.07) is 5.90. The van der Waals surface area contributed by atoms with E-state index in [0.29, 0.717) is 17.5 Å². The zero-order chi connectivity index (χ0) is 17.9. The highest BCUT2D eigenvalue weighted by Gasteiger charge is 2.15. The molecule has 26 heavy (non-hydrogen) atoms. The quantitative estimate of drug-likeness (QED) is 0.463. The minimum Gasteiger partial charge on any atom is -0.333 e. The number of pyridine rings is 1. The fourth-order valence-electron chi connectivity index (χ4n) is 2.48. The lowest BCUT2D eigenvalue weighted by Gasteiger charge is -2.06. The van der Waals surface area contributed by atoms with Crippen molar-refractivity contribution in [3.8, 4) is 22.2 Å². The number of nitrogens with zero attached hydrogens (tertiary/aromatic N) is 6. The Hall–Kier alpha value is -2.52. The maximum Gasteiger partial charge on any atom is 0.268 e. The van der Waals surface area contributed by atoms with Gasteiger partial charge >= 0.3 is 0 Å². The van der Waals surface area contributed by atoms with Crippen molar-refractivity contribution >= 4 is 23.1 Å². The fraction of sp³-hybridized carbons (Fsp3) is 0.235. The van der Waals surface area contributed by atoms with Crippen molar-refractivity contribution in [1.29, 1.82) is 0 Å². The first-order valence-corrected chi connectivity index (χ1v) is 9.95. The summed E-state index contributed by atoms with van der Waals surface area (Å²) >= 11 is 3.15. The van der Waals surface area contributed by atoms with E-state index in [0.717, 1.165) is 28.0 Å². The van der Waals surface area contributed by atoms with E-state index in [9.17, 15) is 0 Å². The smallest absolute Gasteiger partial charge is 0.268 e. The van der Waals surface area contributed by atoms with Crippen molar-refractivity contribution in [2.75, 3.05) is 0 Å². The first kappa shape index (κ1) is 16.9. The molecule has 4 aromatic rings. The van der Waals surface area contributed by atoms with Crippen LogP contribution in [0.3, 0.4) is 0 Å². The van der Waals surface area contributed by atoms with E-state index in [4.69, 9.17) is 4.52 Å². The summed E-state index contributed by atoms with van der Waals surface area (Å²) < 4.78 is 7.44. The topological polar surface area (TPSA) is 82.5 Å². The molecule has 0 aromatic carbocycles. The third kappa shape index (κ3) is 3.40. The summed E-state index contributed by atoms with van der Waals surface area (Å²) in [6.45, 7) is 4.90. The zero-order valence-corrected chi connectivity index (χ0v) is 15.9. The molecule has 0 spiro atoms. The molecule has 0 aliphatic rings. The van der Waals surface area contributed by atoms with Crippen LogP contribution >= 0.6 is 23.1 Å². The van der Waals surface area contributed by atoms with Crippen molar-refractivity contribution in [2.45, 2.75) is 31.3 Å². The predicted octanol–water partition coefficient (Wildman–Crippen LogP) is 4.07. The maximum atomic E-state index is 5.37. The van der Waals surface area contributed by atoms with Gasteiger partial charge < -0.3 is 9.09 Å². The molecular formula is C17H16N6OS2. The van der Waals surface area contributed by atoms with Crippen LogP contribution < -0.4 is 0 Å². The minimum absolute atomic E-state index is 0.563. The molecular weight excluding hydrogens is 368 g/mol. The SMILES string of the molecule is CCn1c(SCc2noc(-c3cc(C)cs3)n2)nnc1-c1ccncc1. The van der Waals surface area contributed by atoms with Crippen LogP contribution in [0, 0.1) is 6.92 Å². The van der Waals surface area contributed by atoms with Crippen molar-refractivity contribution < 1.29 is 4.52 Å². The van der Waals surface area contributed by atoms with Crippen LogP contribution in [0.2, 0.25) is 0 Å². The molecule has 0 amide bonds. The third-order valence-electron chi connectivity index (χ3n) is 3.71. The molecule has 0 atom stereocenters. The summed E-state index contributed by atoms with van der Waals surface area (Å²) in [4.78, 5) is 9.51. The number of hydrogen-bond donors (Lipinski definition) is 0. The van der Waals surface area contributed by atoms with Gasteiger partial charge in [-0.1, -0.05) is 16.9 Å². The Bertz CT molecular complexity index is 1010. The Labute approximate surface area is 158 Å². The molecule has 0 fully saturated rings. The highest BCUT2D eigenvalue weighted by atomic mass is 32.2. The molecule has 4 heterocycles. The summed E-state index contributed by atoms with van der Waals surface area (Å²) in [5.41, 5.74) is 2.19. The van der Waals surface area contributed by atoms with Crippen LogP contribution in [0.5, 0.6) is 0 Å². The number of aryl methyl sites for hydroxylation is 1. The standard InChI is InChI=1S/C17H16N6OS2/c1-3-23-15(12-4-6-18-7-5-12)20-21-17(23)26-10-14-19-16(24-22-14)13-8-11(2)9-25-13/h4-9H,3,10H2,1-2H3. The molecule has 0 saturated carbocycles. The summed E-state index contributed by atoms with van der Waals surface area (Å²) in [5.74, 6) is 2.61. The van der Waals surface area contributed by atoms with E-state index in [1.165, 1.54) is 5.56 Å². The Kier molecular flexibility index (Phi) is 4.81. The van der Waals surface area contributed by atoms with Gasteiger partial charge in [0.15, 0.2) is 16.8 Å². The molecule has 9 heteroatoms. The van der Waals surface area contributed by atoms with Crippen molar-refractivity contribution in [2.24, 2.45) is 0 Å². The number of rotatable bonds is 6. The lowest BCUT2D eigenvalue weighted by Crippen LogP contribution is -2.00. The van der Waals surface area contributed by atoms with E-state index in [-0.39, 0.29) is 0 Å². The Morgan fingerprint density at radius 1 is 1.23 bits per heavy atom. The van der Waals surface area contributed by atoms with E-state index in [1.54, 1.807) is 35.5 Å². The summed E-state index contributed by atoms with van der Waals surface area (Å²) in [5, 5.41) is 15.6. The predicted molar refractivity (Wildman–Crippen MR) is 101 cm³/mol. The van der Waals surface area contributed by atoms with Gasteiger partial charge in [0, 0.05) is 24.5 Å². The zero-order valence-electron chi connectivity index (χ0n) is 14.3. The number of thioether (sulfide) groups is 1.